The monoisotopic (exact) mass is 379 g/mol. The van der Waals surface area contributed by atoms with Crippen molar-refractivity contribution in [3.63, 3.8) is 0 Å². The van der Waals surface area contributed by atoms with E-state index in [4.69, 9.17) is 4.52 Å². The van der Waals surface area contributed by atoms with E-state index in [9.17, 15) is 0 Å². The molecule has 1 saturated heterocycles. The van der Waals surface area contributed by atoms with Crippen LogP contribution in [-0.4, -0.2) is 36.5 Å². The smallest absolute Gasteiger partial charge is 0.0480 e. The van der Waals surface area contributed by atoms with Crippen LogP contribution in [0.5, 0.6) is 0 Å². The number of benzene rings is 1. The molecular weight excluding hydrogens is 345 g/mol. The lowest BCUT2D eigenvalue weighted by Crippen LogP contribution is -2.37. The lowest BCUT2D eigenvalue weighted by Gasteiger charge is -2.33. The molecule has 1 aliphatic carbocycles. The van der Waals surface area contributed by atoms with Gasteiger partial charge in [-0.3, -0.25) is 0 Å². The Balaban J connectivity index is 1.47. The highest BCUT2D eigenvalue weighted by atomic mass is 32.2. The van der Waals surface area contributed by atoms with Crippen LogP contribution in [0.4, 0.5) is 0 Å². The lowest BCUT2D eigenvalue weighted by atomic mass is 9.91. The molecule has 2 nitrogen and oxygen atoms in total. The zero-order chi connectivity index (χ0) is 17.5. The minimum atomic E-state index is -0.241. The van der Waals surface area contributed by atoms with Crippen molar-refractivity contribution in [2.75, 3.05) is 31.2 Å². The Hall–Kier alpha value is -0.0800. The van der Waals surface area contributed by atoms with Crippen LogP contribution in [-0.2, 0) is 4.52 Å². The Labute approximate surface area is 159 Å². The maximum atomic E-state index is 6.20. The van der Waals surface area contributed by atoms with Gasteiger partial charge in [0.05, 0.1) is 0 Å². The van der Waals surface area contributed by atoms with Crippen molar-refractivity contribution < 1.29 is 4.52 Å². The molecule has 3 atom stereocenters. The zero-order valence-corrected chi connectivity index (χ0v) is 17.6. The first-order valence-corrected chi connectivity index (χ1v) is 12.7. The van der Waals surface area contributed by atoms with Crippen molar-refractivity contribution >= 4 is 19.9 Å². The van der Waals surface area contributed by atoms with E-state index < -0.39 is 0 Å². The summed E-state index contributed by atoms with van der Waals surface area (Å²) in [5, 5.41) is 4.52. The minimum absolute atomic E-state index is 0.241. The molecule has 3 rings (SSSR count). The number of nitrogens with one attached hydrogen (secondary N) is 1. The third kappa shape index (κ3) is 6.24. The normalized spacial score (nSPS) is 26.5. The molecule has 0 radical (unpaired) electrons. The van der Waals surface area contributed by atoms with Crippen molar-refractivity contribution in [3.05, 3.63) is 35.4 Å². The van der Waals surface area contributed by atoms with E-state index >= 15 is 0 Å². The topological polar surface area (TPSA) is 21.3 Å². The highest BCUT2D eigenvalue weighted by Crippen LogP contribution is 2.45. The van der Waals surface area contributed by atoms with E-state index in [-0.39, 0.29) is 8.15 Å². The molecule has 1 aromatic rings. The molecule has 0 bridgehead atoms. The van der Waals surface area contributed by atoms with Gasteiger partial charge in [-0.05, 0) is 31.5 Å². The largest absolute Gasteiger partial charge is 0.359 e. The predicted octanol–water partition coefficient (Wildman–Crippen LogP) is 5.75. The number of rotatable bonds is 7. The molecule has 140 valence electrons. The van der Waals surface area contributed by atoms with E-state index in [0.29, 0.717) is 6.04 Å². The van der Waals surface area contributed by atoms with E-state index in [1.807, 2.05) is 0 Å². The molecule has 0 amide bonds. The van der Waals surface area contributed by atoms with Gasteiger partial charge in [0.15, 0.2) is 0 Å². The lowest BCUT2D eigenvalue weighted by molar-refractivity contribution is 0.351. The van der Waals surface area contributed by atoms with Crippen molar-refractivity contribution in [1.29, 1.82) is 0 Å². The standard InChI is InChI=1S/C21H34NOPS/c1-3-23-24(14-18-9-5-4-6-10-18)15-20-13-22-21(16-25-20)19-11-7-8-17(2)12-19/h7-8,11-12,18,20-22H,3-6,9-10,13-16H2,1-2H3. The summed E-state index contributed by atoms with van der Waals surface area (Å²) in [5.74, 6) is 2.13. The molecule has 3 unspecified atom stereocenters. The second-order valence-corrected chi connectivity index (χ2v) is 10.9. The van der Waals surface area contributed by atoms with Gasteiger partial charge < -0.3 is 9.84 Å². The fourth-order valence-electron chi connectivity index (χ4n) is 4.09. The van der Waals surface area contributed by atoms with Crippen LogP contribution in [0, 0.1) is 12.8 Å². The maximum Gasteiger partial charge on any atom is 0.0480 e. The van der Waals surface area contributed by atoms with Crippen molar-refractivity contribution in [2.24, 2.45) is 5.92 Å². The summed E-state index contributed by atoms with van der Waals surface area (Å²) in [5.41, 5.74) is 2.80. The number of hydrogen-bond acceptors (Lipinski definition) is 3. The van der Waals surface area contributed by atoms with Crippen molar-refractivity contribution in [1.82, 2.24) is 5.32 Å². The number of hydrogen-bond donors (Lipinski definition) is 1. The predicted molar refractivity (Wildman–Crippen MR) is 113 cm³/mol. The summed E-state index contributed by atoms with van der Waals surface area (Å²) in [7, 11) is -0.241. The van der Waals surface area contributed by atoms with Gasteiger partial charge in [0.1, 0.15) is 0 Å². The van der Waals surface area contributed by atoms with E-state index in [1.54, 1.807) is 0 Å². The molecule has 1 heterocycles. The van der Waals surface area contributed by atoms with Gasteiger partial charge in [0.25, 0.3) is 0 Å². The van der Waals surface area contributed by atoms with Gasteiger partial charge in [-0.2, -0.15) is 11.8 Å². The van der Waals surface area contributed by atoms with Crippen LogP contribution in [0.1, 0.15) is 56.2 Å². The molecule has 2 fully saturated rings. The minimum Gasteiger partial charge on any atom is -0.359 e. The van der Waals surface area contributed by atoms with Gasteiger partial charge in [0.2, 0.25) is 0 Å². The fraction of sp³-hybridized carbons (Fsp3) is 0.714. The first kappa shape index (κ1) is 19.7. The number of thioether (sulfide) groups is 1. The van der Waals surface area contributed by atoms with Gasteiger partial charge >= 0.3 is 0 Å². The Morgan fingerprint density at radius 1 is 1.20 bits per heavy atom. The van der Waals surface area contributed by atoms with Crippen LogP contribution in [0.2, 0.25) is 0 Å². The maximum absolute atomic E-state index is 6.20. The third-order valence-electron chi connectivity index (χ3n) is 5.44. The summed E-state index contributed by atoms with van der Waals surface area (Å²) < 4.78 is 6.20. The molecule has 2 aliphatic rings. The molecule has 1 saturated carbocycles. The SMILES string of the molecule is CCOP(CC1CCCCC1)CC1CNC(c2cccc(C)c2)CS1. The molecule has 4 heteroatoms. The average molecular weight is 380 g/mol. The van der Waals surface area contributed by atoms with Gasteiger partial charge in [0, 0.05) is 44.5 Å². The summed E-state index contributed by atoms with van der Waals surface area (Å²) in [6, 6.07) is 9.47. The van der Waals surface area contributed by atoms with E-state index in [2.05, 4.69) is 55.2 Å². The summed E-state index contributed by atoms with van der Waals surface area (Å²) in [4.78, 5) is 0. The molecule has 1 N–H and O–H groups in total. The Bertz CT molecular complexity index is 512. The van der Waals surface area contributed by atoms with Crippen LogP contribution < -0.4 is 5.32 Å². The molecule has 0 spiro atoms. The zero-order valence-electron chi connectivity index (χ0n) is 15.9. The molecule has 0 aromatic heterocycles. The Kier molecular flexibility index (Phi) is 8.11. The van der Waals surface area contributed by atoms with Gasteiger partial charge in [-0.15, -0.1) is 0 Å². The van der Waals surface area contributed by atoms with Gasteiger partial charge in [-0.25, -0.2) is 0 Å². The summed E-state index contributed by atoms with van der Waals surface area (Å²) >= 11 is 2.16. The van der Waals surface area contributed by atoms with Crippen LogP contribution >= 0.6 is 19.9 Å². The molecule has 1 aromatic carbocycles. The quantitative estimate of drug-likeness (QED) is 0.609. The molecule has 25 heavy (non-hydrogen) atoms. The highest BCUT2D eigenvalue weighted by molar-refractivity contribution is 8.00. The van der Waals surface area contributed by atoms with Crippen LogP contribution in [0.25, 0.3) is 0 Å². The third-order valence-corrected chi connectivity index (χ3v) is 9.41. The fourth-order valence-corrected chi connectivity index (χ4v) is 8.25. The van der Waals surface area contributed by atoms with Crippen LogP contribution in [0.3, 0.4) is 0 Å². The average Bonchev–Trinajstić information content (AvgIpc) is 2.63. The Morgan fingerprint density at radius 3 is 2.72 bits per heavy atom. The van der Waals surface area contributed by atoms with Crippen molar-refractivity contribution in [2.45, 2.75) is 57.2 Å². The Morgan fingerprint density at radius 2 is 2.04 bits per heavy atom. The first-order valence-electron chi connectivity index (χ1n) is 10.0. The summed E-state index contributed by atoms with van der Waals surface area (Å²) in [6.07, 6.45) is 9.84. The van der Waals surface area contributed by atoms with E-state index in [1.165, 1.54) is 61.3 Å². The number of aryl methyl sites for hydroxylation is 1. The van der Waals surface area contributed by atoms with Crippen molar-refractivity contribution in [3.8, 4) is 0 Å². The highest BCUT2D eigenvalue weighted by Gasteiger charge is 2.27. The summed E-state index contributed by atoms with van der Waals surface area (Å²) in [6.45, 7) is 6.36. The second-order valence-electron chi connectivity index (χ2n) is 7.60. The second kappa shape index (κ2) is 10.3. The molecule has 1 aliphatic heterocycles. The van der Waals surface area contributed by atoms with E-state index in [0.717, 1.165) is 24.3 Å². The van der Waals surface area contributed by atoms with Crippen LogP contribution in [0.15, 0.2) is 24.3 Å². The van der Waals surface area contributed by atoms with Gasteiger partial charge in [-0.1, -0.05) is 61.9 Å². The first-order chi connectivity index (χ1) is 12.2. The molecular formula is C21H34NOPS.